The van der Waals surface area contributed by atoms with Crippen molar-refractivity contribution in [3.8, 4) is 0 Å². The Morgan fingerprint density at radius 1 is 1.33 bits per heavy atom. The lowest BCUT2D eigenvalue weighted by molar-refractivity contribution is -0.130. The van der Waals surface area contributed by atoms with Gasteiger partial charge in [-0.2, -0.15) is 0 Å². The molecule has 0 aromatic heterocycles. The number of amides is 1. The van der Waals surface area contributed by atoms with Crippen LogP contribution in [0.4, 0.5) is 5.69 Å². The molecule has 5 rings (SSSR count). The predicted octanol–water partition coefficient (Wildman–Crippen LogP) is 2.81. The molecule has 1 atom stereocenters. The smallest absolute Gasteiger partial charge is 0.266 e. The van der Waals surface area contributed by atoms with Crippen molar-refractivity contribution in [3.63, 3.8) is 0 Å². The van der Waals surface area contributed by atoms with E-state index in [1.807, 2.05) is 25.1 Å². The van der Waals surface area contributed by atoms with Crippen molar-refractivity contribution in [2.24, 2.45) is 28.0 Å². The number of carbonyl (C=O) groups excluding carboxylic acids is 2. The Kier molecular flexibility index (Phi) is 5.82. The number of hydrogen-bond acceptors (Lipinski definition) is 5. The number of aryl methyl sites for hydroxylation is 1. The van der Waals surface area contributed by atoms with Gasteiger partial charge in [0.1, 0.15) is 0 Å². The van der Waals surface area contributed by atoms with E-state index in [2.05, 4.69) is 24.2 Å². The van der Waals surface area contributed by atoms with Crippen LogP contribution >= 0.6 is 0 Å². The van der Waals surface area contributed by atoms with Crippen LogP contribution in [-0.4, -0.2) is 43.2 Å². The summed E-state index contributed by atoms with van der Waals surface area (Å²) in [5.74, 6) is 0.928. The average molecular weight is 411 g/mol. The van der Waals surface area contributed by atoms with Gasteiger partial charge in [-0.1, -0.05) is 32.0 Å². The molecule has 0 spiro atoms. The predicted molar refractivity (Wildman–Crippen MR) is 120 cm³/mol. The third-order valence-electron chi connectivity index (χ3n) is 7.09. The first kappa shape index (κ1) is 21.2. The number of carbonyl (C=O) groups is 2. The summed E-state index contributed by atoms with van der Waals surface area (Å²) in [6.45, 7) is 8.03. The minimum Gasteiger partial charge on any atom is -0.315 e. The monoisotopic (exact) mass is 410 g/mol. The minimum absolute atomic E-state index is 0.0706. The molecule has 3 fully saturated rings. The molecular weight excluding hydrogens is 376 g/mol. The van der Waals surface area contributed by atoms with Crippen LogP contribution in [0, 0.1) is 24.2 Å². The fraction of sp³-hybridized carbons (Fsp3) is 0.625. The van der Waals surface area contributed by atoms with Crippen molar-refractivity contribution in [3.05, 3.63) is 29.3 Å². The molecular formula is C24H34N4O2. The van der Waals surface area contributed by atoms with Crippen LogP contribution in [0.3, 0.4) is 0 Å². The van der Waals surface area contributed by atoms with Gasteiger partial charge in [0.2, 0.25) is 0 Å². The molecule has 6 nitrogen and oxygen atoms in total. The van der Waals surface area contributed by atoms with Crippen molar-refractivity contribution in [1.29, 1.82) is 0 Å². The summed E-state index contributed by atoms with van der Waals surface area (Å²) in [6, 6.07) is 5.98. The van der Waals surface area contributed by atoms with Gasteiger partial charge in [0.15, 0.2) is 11.9 Å². The maximum absolute atomic E-state index is 13.6. The summed E-state index contributed by atoms with van der Waals surface area (Å²) in [5.41, 5.74) is 9.40. The molecule has 3 N–H and O–H groups in total. The quantitative estimate of drug-likeness (QED) is 0.781. The van der Waals surface area contributed by atoms with Crippen LogP contribution in [0.2, 0.25) is 0 Å². The number of para-hydroxylation sites is 1. The molecule has 1 aromatic rings. The van der Waals surface area contributed by atoms with Crippen LogP contribution in [0.25, 0.3) is 0 Å². The highest BCUT2D eigenvalue weighted by atomic mass is 16.2. The van der Waals surface area contributed by atoms with Crippen molar-refractivity contribution in [1.82, 2.24) is 5.32 Å². The number of anilines is 1. The van der Waals surface area contributed by atoms with Gasteiger partial charge in [-0.05, 0) is 63.0 Å². The van der Waals surface area contributed by atoms with Gasteiger partial charge in [0, 0.05) is 23.2 Å². The van der Waals surface area contributed by atoms with Gasteiger partial charge >= 0.3 is 0 Å². The Balaban J connectivity index is 1.70. The second kappa shape index (κ2) is 8.23. The first-order valence-corrected chi connectivity index (χ1v) is 11.3. The summed E-state index contributed by atoms with van der Waals surface area (Å²) in [5, 5.41) is 3.49. The number of ketones is 1. The van der Waals surface area contributed by atoms with E-state index in [4.69, 9.17) is 5.73 Å². The number of fused-ring (bicyclic) bond motifs is 5. The van der Waals surface area contributed by atoms with Gasteiger partial charge in [0.05, 0.1) is 12.2 Å². The molecule has 1 amide bonds. The van der Waals surface area contributed by atoms with E-state index in [0.717, 1.165) is 61.2 Å². The van der Waals surface area contributed by atoms with Gasteiger partial charge in [-0.25, -0.2) is 0 Å². The fourth-order valence-corrected chi connectivity index (χ4v) is 5.33. The van der Waals surface area contributed by atoms with E-state index in [-0.39, 0.29) is 23.7 Å². The lowest BCUT2D eigenvalue weighted by Crippen LogP contribution is -2.50. The van der Waals surface area contributed by atoms with E-state index in [1.165, 1.54) is 0 Å². The maximum atomic E-state index is 13.6. The first-order chi connectivity index (χ1) is 14.3. The lowest BCUT2D eigenvalue weighted by atomic mass is 9.69. The number of benzodiazepines with no additional fused rings is 1. The second-order valence-electron chi connectivity index (χ2n) is 9.79. The Morgan fingerprint density at radius 2 is 2.07 bits per heavy atom. The summed E-state index contributed by atoms with van der Waals surface area (Å²) in [6.07, 6.45) is 3.76. The Labute approximate surface area is 179 Å². The molecule has 162 valence electrons. The van der Waals surface area contributed by atoms with E-state index >= 15 is 0 Å². The lowest BCUT2D eigenvalue weighted by Gasteiger charge is -2.37. The molecule has 0 radical (unpaired) electrons. The van der Waals surface area contributed by atoms with Crippen molar-refractivity contribution < 1.29 is 9.59 Å². The normalized spacial score (nSPS) is 28.8. The zero-order valence-electron chi connectivity index (χ0n) is 18.4. The van der Waals surface area contributed by atoms with Crippen LogP contribution < -0.4 is 16.0 Å². The Bertz CT molecular complexity index is 862. The van der Waals surface area contributed by atoms with E-state index in [1.54, 1.807) is 4.90 Å². The first-order valence-electron chi connectivity index (χ1n) is 11.3. The standard InChI is InChI=1S/C24H34N4O2/c1-15(2)11-19-18-6-4-5-16(3)21(18)28(23(30)22(25)27-19)13-20(29)24-9-7-17(8-10-24)12-26-14-24/h4-6,15,17,22,26H,7-14,25H2,1-3H3. The van der Waals surface area contributed by atoms with E-state index in [0.29, 0.717) is 18.4 Å². The summed E-state index contributed by atoms with van der Waals surface area (Å²) in [4.78, 5) is 33.2. The van der Waals surface area contributed by atoms with Crippen molar-refractivity contribution >= 4 is 23.1 Å². The number of nitrogens with zero attached hydrogens (tertiary/aromatic N) is 2. The molecule has 1 saturated carbocycles. The molecule has 30 heavy (non-hydrogen) atoms. The fourth-order valence-electron chi connectivity index (χ4n) is 5.33. The van der Waals surface area contributed by atoms with Gasteiger partial charge < -0.3 is 16.0 Å². The highest BCUT2D eigenvalue weighted by Crippen LogP contribution is 2.42. The summed E-state index contributed by atoms with van der Waals surface area (Å²) < 4.78 is 0. The van der Waals surface area contributed by atoms with Crippen LogP contribution in [0.5, 0.6) is 0 Å². The van der Waals surface area contributed by atoms with Gasteiger partial charge in [-0.3, -0.25) is 14.6 Å². The SMILES string of the molecule is Cc1cccc2c1N(CC(=O)C13CCC(CC1)CNC3)C(=O)C(N)N=C2CC(C)C. The van der Waals surface area contributed by atoms with Crippen molar-refractivity contribution in [2.45, 2.75) is 59.0 Å². The molecule has 6 heteroatoms. The zero-order chi connectivity index (χ0) is 21.5. The molecule has 2 bridgehead atoms. The van der Waals surface area contributed by atoms with Gasteiger partial charge in [-0.15, -0.1) is 0 Å². The van der Waals surface area contributed by atoms with Gasteiger partial charge in [0.25, 0.3) is 5.91 Å². The number of nitrogens with one attached hydrogen (secondary N) is 1. The number of rotatable bonds is 5. The van der Waals surface area contributed by atoms with E-state index < -0.39 is 6.17 Å². The number of aliphatic imine (C=N–C) groups is 1. The largest absolute Gasteiger partial charge is 0.315 e. The molecule has 1 aromatic carbocycles. The number of nitrogens with two attached hydrogens (primary N) is 1. The van der Waals surface area contributed by atoms with Crippen LogP contribution in [0.1, 0.15) is 57.1 Å². The molecule has 3 aliphatic heterocycles. The Morgan fingerprint density at radius 3 is 2.77 bits per heavy atom. The zero-order valence-corrected chi connectivity index (χ0v) is 18.4. The van der Waals surface area contributed by atoms with Crippen molar-refractivity contribution in [2.75, 3.05) is 24.5 Å². The molecule has 4 aliphatic rings. The van der Waals surface area contributed by atoms with Crippen LogP contribution in [-0.2, 0) is 9.59 Å². The summed E-state index contributed by atoms with van der Waals surface area (Å²) in [7, 11) is 0. The van der Waals surface area contributed by atoms with Crippen LogP contribution in [0.15, 0.2) is 23.2 Å². The number of benzene rings is 1. The van der Waals surface area contributed by atoms with E-state index in [9.17, 15) is 9.59 Å². The number of hydrogen-bond donors (Lipinski definition) is 2. The third-order valence-corrected chi connectivity index (χ3v) is 7.09. The molecule has 1 aliphatic carbocycles. The Hall–Kier alpha value is -2.05. The topological polar surface area (TPSA) is 87.8 Å². The molecule has 1 unspecified atom stereocenters. The highest BCUT2D eigenvalue weighted by molar-refractivity contribution is 6.14. The maximum Gasteiger partial charge on any atom is 0.266 e. The average Bonchev–Trinajstić information content (AvgIpc) is 3.09. The molecule has 2 saturated heterocycles. The summed E-state index contributed by atoms with van der Waals surface area (Å²) >= 11 is 0. The third kappa shape index (κ3) is 3.83. The minimum atomic E-state index is -0.973. The molecule has 3 heterocycles. The highest BCUT2D eigenvalue weighted by Gasteiger charge is 2.45. The number of Topliss-reactive ketones (excluding diaryl/α,β-unsaturated/α-hetero) is 1. The second-order valence-corrected chi connectivity index (χ2v) is 9.79.